The van der Waals surface area contributed by atoms with Crippen molar-refractivity contribution in [2.75, 3.05) is 11.9 Å². The molecule has 7 heteroatoms. The average molecular weight is 455 g/mol. The first kappa shape index (κ1) is 19.2. The van der Waals surface area contributed by atoms with Gasteiger partial charge in [0.15, 0.2) is 5.96 Å². The van der Waals surface area contributed by atoms with E-state index in [-0.39, 0.29) is 47.9 Å². The Hall–Kier alpha value is -0.830. The lowest BCUT2D eigenvalue weighted by molar-refractivity contribution is -0.114. The zero-order valence-electron chi connectivity index (χ0n) is 11.7. The van der Waals surface area contributed by atoms with Crippen LogP contribution in [0.25, 0.3) is 0 Å². The molecule has 0 heterocycles. The maximum absolute atomic E-state index is 11.7. The van der Waals surface area contributed by atoms with Crippen molar-refractivity contribution in [3.63, 3.8) is 0 Å². The van der Waals surface area contributed by atoms with Crippen LogP contribution in [0.5, 0.6) is 0 Å². The van der Waals surface area contributed by atoms with E-state index in [1.165, 1.54) is 0 Å². The van der Waals surface area contributed by atoms with Gasteiger partial charge in [-0.05, 0) is 39.0 Å². The molecule has 0 atom stereocenters. The number of guanidine groups is 1. The second-order valence-corrected chi connectivity index (χ2v) is 6.05. The van der Waals surface area contributed by atoms with Crippen LogP contribution in [0, 0.1) is 0 Å². The summed E-state index contributed by atoms with van der Waals surface area (Å²) < 4.78 is 0.905. The third-order valence-corrected chi connectivity index (χ3v) is 2.50. The Bertz CT molecular complexity index is 486. The van der Waals surface area contributed by atoms with E-state index in [1.54, 1.807) is 0 Å². The minimum Gasteiger partial charge on any atom is -0.370 e. The van der Waals surface area contributed by atoms with E-state index in [0.717, 1.165) is 10.2 Å². The van der Waals surface area contributed by atoms with Crippen molar-refractivity contribution in [1.29, 1.82) is 0 Å². The number of rotatable bonds is 3. The average Bonchev–Trinajstić information content (AvgIpc) is 2.24. The molecule has 0 aliphatic rings. The summed E-state index contributed by atoms with van der Waals surface area (Å²) in [6.07, 6.45) is 0. The predicted molar refractivity (Wildman–Crippen MR) is 97.6 cm³/mol. The van der Waals surface area contributed by atoms with Gasteiger partial charge in [0.05, 0.1) is 0 Å². The minimum atomic E-state index is -0.211. The fourth-order valence-electron chi connectivity index (χ4n) is 1.35. The molecular weight excluding hydrogens is 435 g/mol. The van der Waals surface area contributed by atoms with Gasteiger partial charge in [-0.25, -0.2) is 4.99 Å². The molecule has 0 aliphatic heterocycles. The number of aliphatic imine (C=N–C) groups is 1. The number of benzene rings is 1. The highest BCUT2D eigenvalue weighted by Gasteiger charge is 2.10. The zero-order chi connectivity index (χ0) is 14.5. The van der Waals surface area contributed by atoms with Crippen LogP contribution < -0.4 is 16.4 Å². The molecule has 1 aromatic rings. The van der Waals surface area contributed by atoms with Gasteiger partial charge in [-0.2, -0.15) is 0 Å². The third-order valence-electron chi connectivity index (χ3n) is 2.00. The first-order valence-corrected chi connectivity index (χ1v) is 6.69. The molecule has 0 bridgehead atoms. The first-order valence-electron chi connectivity index (χ1n) is 5.90. The summed E-state index contributed by atoms with van der Waals surface area (Å²) in [5, 5.41) is 5.73. The van der Waals surface area contributed by atoms with Gasteiger partial charge < -0.3 is 16.4 Å². The number of hydrogen-bond acceptors (Lipinski definition) is 2. The van der Waals surface area contributed by atoms with E-state index in [1.807, 2.05) is 45.0 Å². The fraction of sp³-hybridized carbons (Fsp3) is 0.385. The molecule has 4 N–H and O–H groups in total. The maximum atomic E-state index is 11.7. The van der Waals surface area contributed by atoms with E-state index in [2.05, 4.69) is 31.6 Å². The molecule has 0 radical (unpaired) electrons. The van der Waals surface area contributed by atoms with Crippen molar-refractivity contribution in [3.05, 3.63) is 28.7 Å². The van der Waals surface area contributed by atoms with Crippen LogP contribution in [0.15, 0.2) is 33.7 Å². The number of carbonyl (C=O) groups is 1. The summed E-state index contributed by atoms with van der Waals surface area (Å²) in [6.45, 7) is 5.90. The van der Waals surface area contributed by atoms with E-state index in [4.69, 9.17) is 5.73 Å². The molecule has 112 valence electrons. The Labute approximate surface area is 144 Å². The molecule has 20 heavy (non-hydrogen) atoms. The normalized spacial score (nSPS) is 11.5. The van der Waals surface area contributed by atoms with Crippen LogP contribution in [0.1, 0.15) is 20.8 Å². The van der Waals surface area contributed by atoms with E-state index >= 15 is 0 Å². The van der Waals surface area contributed by atoms with Crippen molar-refractivity contribution in [2.45, 2.75) is 26.3 Å². The molecule has 0 aliphatic carbocycles. The number of amides is 1. The molecule has 0 saturated heterocycles. The van der Waals surface area contributed by atoms with Crippen molar-refractivity contribution >= 4 is 57.5 Å². The standard InChI is InChI=1S/C13H19BrN4O.HI/c1-13(2,3)18-12(15)16-8-11(19)17-10-6-4-5-9(14)7-10;/h4-7H,8H2,1-3H3,(H,17,19)(H3,15,16,18);1H. The van der Waals surface area contributed by atoms with Gasteiger partial charge in [0.1, 0.15) is 6.54 Å². The third kappa shape index (κ3) is 8.36. The molecule has 1 rings (SSSR count). The topological polar surface area (TPSA) is 79.5 Å². The van der Waals surface area contributed by atoms with Gasteiger partial charge in [-0.1, -0.05) is 22.0 Å². The number of nitrogens with zero attached hydrogens (tertiary/aromatic N) is 1. The van der Waals surface area contributed by atoms with Crippen LogP contribution >= 0.6 is 39.9 Å². The highest BCUT2D eigenvalue weighted by Crippen LogP contribution is 2.15. The summed E-state index contributed by atoms with van der Waals surface area (Å²) >= 11 is 3.34. The summed E-state index contributed by atoms with van der Waals surface area (Å²) in [5.41, 5.74) is 6.22. The lowest BCUT2D eigenvalue weighted by atomic mass is 10.1. The van der Waals surface area contributed by atoms with Gasteiger partial charge in [0.25, 0.3) is 0 Å². The number of anilines is 1. The first-order chi connectivity index (χ1) is 8.76. The van der Waals surface area contributed by atoms with Gasteiger partial charge in [0, 0.05) is 15.7 Å². The molecule has 0 fully saturated rings. The fourth-order valence-corrected chi connectivity index (χ4v) is 1.75. The molecule has 1 amide bonds. The van der Waals surface area contributed by atoms with Gasteiger partial charge in [-0.3, -0.25) is 4.79 Å². The van der Waals surface area contributed by atoms with E-state index in [0.29, 0.717) is 0 Å². The molecule has 0 spiro atoms. The van der Waals surface area contributed by atoms with Crippen molar-refractivity contribution in [1.82, 2.24) is 5.32 Å². The Balaban J connectivity index is 0.00000361. The maximum Gasteiger partial charge on any atom is 0.246 e. The Morgan fingerprint density at radius 3 is 2.60 bits per heavy atom. The number of halogens is 2. The molecular formula is C13H20BrIN4O. The number of carbonyl (C=O) groups excluding carboxylic acids is 1. The molecule has 5 nitrogen and oxygen atoms in total. The van der Waals surface area contributed by atoms with Gasteiger partial charge >= 0.3 is 0 Å². The van der Waals surface area contributed by atoms with Crippen LogP contribution in [0.2, 0.25) is 0 Å². The molecule has 0 saturated carbocycles. The Morgan fingerprint density at radius 1 is 1.40 bits per heavy atom. The Kier molecular flexibility index (Phi) is 8.10. The van der Waals surface area contributed by atoms with Crippen LogP contribution in [-0.2, 0) is 4.79 Å². The van der Waals surface area contributed by atoms with Gasteiger partial charge in [0.2, 0.25) is 5.91 Å². The Morgan fingerprint density at radius 2 is 2.05 bits per heavy atom. The van der Waals surface area contributed by atoms with Crippen LogP contribution in [0.4, 0.5) is 5.69 Å². The smallest absolute Gasteiger partial charge is 0.246 e. The summed E-state index contributed by atoms with van der Waals surface area (Å²) in [6, 6.07) is 7.36. The minimum absolute atomic E-state index is 0. The van der Waals surface area contributed by atoms with Crippen molar-refractivity contribution in [2.24, 2.45) is 10.7 Å². The van der Waals surface area contributed by atoms with Crippen molar-refractivity contribution in [3.8, 4) is 0 Å². The van der Waals surface area contributed by atoms with Crippen molar-refractivity contribution < 1.29 is 4.79 Å². The van der Waals surface area contributed by atoms with Gasteiger partial charge in [-0.15, -0.1) is 24.0 Å². The van der Waals surface area contributed by atoms with E-state index < -0.39 is 0 Å². The number of nitrogens with one attached hydrogen (secondary N) is 2. The monoisotopic (exact) mass is 454 g/mol. The number of hydrogen-bond donors (Lipinski definition) is 3. The highest BCUT2D eigenvalue weighted by molar-refractivity contribution is 14.0. The second-order valence-electron chi connectivity index (χ2n) is 5.13. The lowest BCUT2D eigenvalue weighted by Gasteiger charge is -2.20. The SMILES string of the molecule is CC(C)(C)NC(N)=NCC(=O)Nc1cccc(Br)c1.I. The second kappa shape index (κ2) is 8.46. The van der Waals surface area contributed by atoms with Crippen LogP contribution in [0.3, 0.4) is 0 Å². The lowest BCUT2D eigenvalue weighted by Crippen LogP contribution is -2.45. The highest BCUT2D eigenvalue weighted by atomic mass is 127. The zero-order valence-corrected chi connectivity index (χ0v) is 15.7. The molecule has 0 unspecified atom stereocenters. The molecule has 0 aromatic heterocycles. The summed E-state index contributed by atoms with van der Waals surface area (Å²) in [4.78, 5) is 15.7. The molecule has 1 aromatic carbocycles. The number of nitrogens with two attached hydrogens (primary N) is 1. The van der Waals surface area contributed by atoms with E-state index in [9.17, 15) is 4.79 Å². The summed E-state index contributed by atoms with van der Waals surface area (Å²) in [5.74, 6) is 0.0497. The predicted octanol–water partition coefficient (Wildman–Crippen LogP) is 2.71. The quantitative estimate of drug-likeness (QED) is 0.373. The summed E-state index contributed by atoms with van der Waals surface area (Å²) in [7, 11) is 0. The largest absolute Gasteiger partial charge is 0.370 e. The van der Waals surface area contributed by atoms with Crippen LogP contribution in [-0.4, -0.2) is 24.0 Å².